The number of rotatable bonds is 4. The van der Waals surface area contributed by atoms with E-state index in [0.29, 0.717) is 12.8 Å². The molecule has 1 amide bonds. The summed E-state index contributed by atoms with van der Waals surface area (Å²) in [6, 6.07) is 5.86. The van der Waals surface area contributed by atoms with Gasteiger partial charge in [-0.25, -0.2) is 13.6 Å². The average molecular weight is 320 g/mol. The molecule has 0 saturated heterocycles. The lowest BCUT2D eigenvalue weighted by atomic mass is 10.1. The van der Waals surface area contributed by atoms with Crippen molar-refractivity contribution in [2.75, 3.05) is 0 Å². The SMILES string of the molecule is CC(NC(=O)C1(N)CC1)c1ccc(S(N)(=O)=O)cc1.Cl. The highest BCUT2D eigenvalue weighted by Crippen LogP contribution is 2.32. The molecule has 8 heteroatoms. The minimum absolute atomic E-state index is 0. The van der Waals surface area contributed by atoms with Gasteiger partial charge >= 0.3 is 0 Å². The molecular formula is C12H18ClN3O3S. The Bertz CT molecular complexity index is 597. The molecule has 5 N–H and O–H groups in total. The van der Waals surface area contributed by atoms with Crippen LogP contribution in [0.1, 0.15) is 31.4 Å². The van der Waals surface area contributed by atoms with Gasteiger partial charge < -0.3 is 11.1 Å². The van der Waals surface area contributed by atoms with Crippen molar-refractivity contribution < 1.29 is 13.2 Å². The zero-order valence-electron chi connectivity index (χ0n) is 11.0. The topological polar surface area (TPSA) is 115 Å². The Balaban J connectivity index is 0.00000200. The molecule has 2 rings (SSSR count). The van der Waals surface area contributed by atoms with Crippen LogP contribution in [0.5, 0.6) is 0 Å². The Morgan fingerprint density at radius 2 is 1.80 bits per heavy atom. The summed E-state index contributed by atoms with van der Waals surface area (Å²) in [5.74, 6) is -0.171. The van der Waals surface area contributed by atoms with Gasteiger partial charge in [-0.2, -0.15) is 0 Å². The second-order valence-corrected chi connectivity index (χ2v) is 6.53. The van der Waals surface area contributed by atoms with Crippen molar-refractivity contribution in [3.05, 3.63) is 29.8 Å². The average Bonchev–Trinajstić information content (AvgIpc) is 3.08. The van der Waals surface area contributed by atoms with Gasteiger partial charge in [0.2, 0.25) is 15.9 Å². The van der Waals surface area contributed by atoms with E-state index in [4.69, 9.17) is 10.9 Å². The predicted octanol–water partition coefficient (Wildman–Crippen LogP) is 0.424. The lowest BCUT2D eigenvalue weighted by molar-refractivity contribution is -0.123. The van der Waals surface area contributed by atoms with Gasteiger partial charge in [0.25, 0.3) is 0 Å². The van der Waals surface area contributed by atoms with Crippen LogP contribution < -0.4 is 16.2 Å². The predicted molar refractivity (Wildman–Crippen MR) is 77.8 cm³/mol. The van der Waals surface area contributed by atoms with Gasteiger partial charge in [0, 0.05) is 0 Å². The molecule has 1 saturated carbocycles. The number of amides is 1. The summed E-state index contributed by atoms with van der Waals surface area (Å²) in [6.07, 6.45) is 1.41. The summed E-state index contributed by atoms with van der Waals surface area (Å²) in [5, 5.41) is 7.83. The first kappa shape index (κ1) is 16.9. The molecule has 1 atom stereocenters. The molecule has 112 valence electrons. The summed E-state index contributed by atoms with van der Waals surface area (Å²) in [5.41, 5.74) is 5.87. The maximum Gasteiger partial charge on any atom is 0.240 e. The van der Waals surface area contributed by atoms with E-state index in [1.165, 1.54) is 12.1 Å². The van der Waals surface area contributed by atoms with Gasteiger partial charge in [0.05, 0.1) is 16.5 Å². The first-order chi connectivity index (χ1) is 8.72. The number of hydrogen-bond donors (Lipinski definition) is 3. The highest BCUT2D eigenvalue weighted by molar-refractivity contribution is 7.89. The van der Waals surface area contributed by atoms with Crippen molar-refractivity contribution in [3.8, 4) is 0 Å². The second kappa shape index (κ2) is 5.69. The monoisotopic (exact) mass is 319 g/mol. The molecular weight excluding hydrogens is 302 g/mol. The molecule has 1 aliphatic rings. The molecule has 0 aliphatic heterocycles. The van der Waals surface area contributed by atoms with E-state index in [1.54, 1.807) is 12.1 Å². The van der Waals surface area contributed by atoms with Gasteiger partial charge in [-0.3, -0.25) is 4.79 Å². The molecule has 20 heavy (non-hydrogen) atoms. The van der Waals surface area contributed by atoms with Crippen molar-refractivity contribution >= 4 is 28.3 Å². The molecule has 1 aromatic carbocycles. The van der Waals surface area contributed by atoms with Crippen LogP contribution in [-0.2, 0) is 14.8 Å². The van der Waals surface area contributed by atoms with Crippen LogP contribution in [0.15, 0.2) is 29.2 Å². The van der Waals surface area contributed by atoms with Crippen LogP contribution in [0.2, 0.25) is 0 Å². The molecule has 6 nitrogen and oxygen atoms in total. The standard InChI is InChI=1S/C12H17N3O3S.ClH/c1-8(15-11(16)12(13)6-7-12)9-2-4-10(5-3-9)19(14,17)18;/h2-5,8H,6-7,13H2,1H3,(H,15,16)(H2,14,17,18);1H. The highest BCUT2D eigenvalue weighted by Gasteiger charge is 2.46. The third-order valence-corrected chi connectivity index (χ3v) is 4.23. The molecule has 0 radical (unpaired) electrons. The van der Waals surface area contributed by atoms with E-state index in [2.05, 4.69) is 5.32 Å². The van der Waals surface area contributed by atoms with Crippen LogP contribution >= 0.6 is 12.4 Å². The summed E-state index contributed by atoms with van der Waals surface area (Å²) in [6.45, 7) is 1.82. The van der Waals surface area contributed by atoms with Crippen LogP contribution in [-0.4, -0.2) is 19.9 Å². The Morgan fingerprint density at radius 3 is 2.20 bits per heavy atom. The minimum Gasteiger partial charge on any atom is -0.348 e. The van der Waals surface area contributed by atoms with Gasteiger partial charge in [-0.15, -0.1) is 12.4 Å². The maximum absolute atomic E-state index is 11.8. The second-order valence-electron chi connectivity index (χ2n) is 4.97. The van der Waals surface area contributed by atoms with Gasteiger partial charge in [0.15, 0.2) is 0 Å². The number of halogens is 1. The number of nitrogens with one attached hydrogen (secondary N) is 1. The van der Waals surface area contributed by atoms with E-state index in [9.17, 15) is 13.2 Å². The first-order valence-corrected chi connectivity index (χ1v) is 7.50. The third kappa shape index (κ3) is 3.69. The molecule has 1 fully saturated rings. The van der Waals surface area contributed by atoms with E-state index in [1.807, 2.05) is 6.92 Å². The van der Waals surface area contributed by atoms with Crippen LogP contribution in [0.4, 0.5) is 0 Å². The lowest BCUT2D eigenvalue weighted by Crippen LogP contribution is -2.43. The molecule has 1 aromatic rings. The van der Waals surface area contributed by atoms with Crippen LogP contribution in [0.3, 0.4) is 0 Å². The molecule has 1 unspecified atom stereocenters. The van der Waals surface area contributed by atoms with Gasteiger partial charge in [-0.05, 0) is 37.5 Å². The molecule has 0 aromatic heterocycles. The van der Waals surface area contributed by atoms with Gasteiger partial charge in [0.1, 0.15) is 0 Å². The fraction of sp³-hybridized carbons (Fsp3) is 0.417. The largest absolute Gasteiger partial charge is 0.348 e. The van der Waals surface area contributed by atoms with Crippen molar-refractivity contribution in [1.29, 1.82) is 0 Å². The number of benzene rings is 1. The number of nitrogens with two attached hydrogens (primary N) is 2. The summed E-state index contributed by atoms with van der Waals surface area (Å²) in [4.78, 5) is 11.8. The maximum atomic E-state index is 11.8. The van der Waals surface area contributed by atoms with Crippen molar-refractivity contribution in [2.24, 2.45) is 10.9 Å². The van der Waals surface area contributed by atoms with Crippen molar-refractivity contribution in [1.82, 2.24) is 5.32 Å². The van der Waals surface area contributed by atoms with Crippen LogP contribution in [0.25, 0.3) is 0 Å². The first-order valence-electron chi connectivity index (χ1n) is 5.95. The fourth-order valence-electron chi connectivity index (χ4n) is 1.73. The number of hydrogen-bond acceptors (Lipinski definition) is 4. The lowest BCUT2D eigenvalue weighted by Gasteiger charge is -2.17. The summed E-state index contributed by atoms with van der Waals surface area (Å²) < 4.78 is 22.2. The zero-order valence-corrected chi connectivity index (χ0v) is 12.6. The van der Waals surface area contributed by atoms with Gasteiger partial charge in [-0.1, -0.05) is 12.1 Å². The van der Waals surface area contributed by atoms with E-state index >= 15 is 0 Å². The number of primary sulfonamides is 1. The van der Waals surface area contributed by atoms with E-state index in [0.717, 1.165) is 5.56 Å². The highest BCUT2D eigenvalue weighted by atomic mass is 35.5. The van der Waals surface area contributed by atoms with Crippen molar-refractivity contribution in [3.63, 3.8) is 0 Å². The number of carbonyl (C=O) groups is 1. The Labute approximate surface area is 124 Å². The molecule has 0 heterocycles. The van der Waals surface area contributed by atoms with Crippen LogP contribution in [0, 0.1) is 0 Å². The third-order valence-electron chi connectivity index (χ3n) is 3.30. The normalized spacial score (nSPS) is 17.8. The molecule has 1 aliphatic carbocycles. The van der Waals surface area contributed by atoms with Crippen molar-refractivity contribution in [2.45, 2.75) is 36.2 Å². The molecule has 0 bridgehead atoms. The number of carbonyl (C=O) groups excluding carboxylic acids is 1. The Hall–Kier alpha value is -1.15. The summed E-state index contributed by atoms with van der Waals surface area (Å²) in [7, 11) is -3.69. The van der Waals surface area contributed by atoms with E-state index in [-0.39, 0.29) is 29.3 Å². The van der Waals surface area contributed by atoms with E-state index < -0.39 is 15.6 Å². The quantitative estimate of drug-likeness (QED) is 0.746. The zero-order chi connectivity index (χ0) is 14.3. The summed E-state index contributed by atoms with van der Waals surface area (Å²) >= 11 is 0. The smallest absolute Gasteiger partial charge is 0.240 e. The Morgan fingerprint density at radius 1 is 1.30 bits per heavy atom. The minimum atomic E-state index is -3.69. The number of sulfonamides is 1. The Kier molecular flexibility index (Phi) is 4.81. The fourth-order valence-corrected chi connectivity index (χ4v) is 2.25. The molecule has 0 spiro atoms.